The molecule has 32 heavy (non-hydrogen) atoms. The van der Waals surface area contributed by atoms with Crippen molar-refractivity contribution in [3.8, 4) is 0 Å². The summed E-state index contributed by atoms with van der Waals surface area (Å²) in [6.07, 6.45) is -0.0971. The minimum Gasteiger partial charge on any atom is -0.373 e. The molecule has 0 aromatic carbocycles. The van der Waals surface area contributed by atoms with Crippen LogP contribution in [0.1, 0.15) is 63.8 Å². The lowest BCUT2D eigenvalue weighted by Gasteiger charge is -2.42. The first kappa shape index (κ1) is 23.5. The number of halogens is 3. The van der Waals surface area contributed by atoms with Gasteiger partial charge in [0.2, 0.25) is 5.91 Å². The van der Waals surface area contributed by atoms with Gasteiger partial charge in [-0.1, -0.05) is 13.8 Å². The minimum atomic E-state index is -4.43. The van der Waals surface area contributed by atoms with Gasteiger partial charge in [-0.3, -0.25) is 14.7 Å². The molecule has 1 aliphatic carbocycles. The number of carbonyl (C=O) groups is 1. The van der Waals surface area contributed by atoms with Crippen LogP contribution in [0.4, 0.5) is 13.2 Å². The van der Waals surface area contributed by atoms with Crippen LogP contribution in [-0.4, -0.2) is 58.6 Å². The highest BCUT2D eigenvalue weighted by atomic mass is 19.4. The lowest BCUT2D eigenvalue weighted by molar-refractivity contribution is -0.146. The Morgan fingerprint density at radius 2 is 1.94 bits per heavy atom. The Kier molecular flexibility index (Phi) is 6.31. The summed E-state index contributed by atoms with van der Waals surface area (Å²) in [6.45, 7) is 10.9. The number of nitrogens with zero attached hydrogens (tertiary/aromatic N) is 3. The normalized spacial score (nSPS) is 31.8. The van der Waals surface area contributed by atoms with Crippen LogP contribution in [0.5, 0.6) is 0 Å². The zero-order valence-electron chi connectivity index (χ0n) is 19.4. The standard InChI is InChI=1S/C24H34F3N3O2/c1-15(2)23(7-5-20(10-23)30-12-16(3)32-17(4)13-30)22(31)29-8-6-21-18(14-29)9-19(11-28-21)24(25,26)27/h9,11,15-17,20H,5-8,10,12-14H2,1-4H3/t16-,17+,20?,23-/m0/s1. The number of hydrogen-bond donors (Lipinski definition) is 0. The Morgan fingerprint density at radius 1 is 1.25 bits per heavy atom. The molecule has 0 bridgehead atoms. The fourth-order valence-corrected chi connectivity index (χ4v) is 5.91. The zero-order chi connectivity index (χ0) is 23.3. The number of aromatic nitrogens is 1. The van der Waals surface area contributed by atoms with E-state index in [1.165, 1.54) is 0 Å². The second-order valence-electron chi connectivity index (χ2n) is 10.2. The van der Waals surface area contributed by atoms with E-state index < -0.39 is 17.2 Å². The third-order valence-corrected chi connectivity index (χ3v) is 7.67. The van der Waals surface area contributed by atoms with E-state index in [2.05, 4.69) is 37.6 Å². The molecule has 178 valence electrons. The van der Waals surface area contributed by atoms with Gasteiger partial charge in [-0.25, -0.2) is 0 Å². The van der Waals surface area contributed by atoms with Gasteiger partial charge in [0, 0.05) is 50.5 Å². The molecule has 1 unspecified atom stereocenters. The van der Waals surface area contributed by atoms with Crippen molar-refractivity contribution in [2.24, 2.45) is 11.3 Å². The monoisotopic (exact) mass is 453 g/mol. The van der Waals surface area contributed by atoms with Gasteiger partial charge in [0.05, 0.1) is 23.2 Å². The molecular formula is C24H34F3N3O2. The van der Waals surface area contributed by atoms with Crippen molar-refractivity contribution in [1.29, 1.82) is 0 Å². The molecule has 2 fully saturated rings. The maximum atomic E-state index is 13.9. The highest BCUT2D eigenvalue weighted by Crippen LogP contribution is 2.48. The van der Waals surface area contributed by atoms with E-state index in [9.17, 15) is 18.0 Å². The fourth-order valence-electron chi connectivity index (χ4n) is 5.91. The first-order valence-electron chi connectivity index (χ1n) is 11.7. The highest BCUT2D eigenvalue weighted by Gasteiger charge is 2.51. The number of pyridine rings is 1. The molecule has 0 radical (unpaired) electrons. The van der Waals surface area contributed by atoms with Crippen LogP contribution < -0.4 is 0 Å². The molecule has 4 atom stereocenters. The molecule has 0 N–H and O–H groups in total. The Hall–Kier alpha value is -1.67. The van der Waals surface area contributed by atoms with Crippen LogP contribution >= 0.6 is 0 Å². The first-order chi connectivity index (χ1) is 15.0. The third kappa shape index (κ3) is 4.40. The van der Waals surface area contributed by atoms with Crippen LogP contribution in [0.15, 0.2) is 12.3 Å². The number of hydrogen-bond acceptors (Lipinski definition) is 4. The van der Waals surface area contributed by atoms with Crippen molar-refractivity contribution in [2.75, 3.05) is 19.6 Å². The number of ether oxygens (including phenoxy) is 1. The van der Waals surface area contributed by atoms with E-state index in [1.807, 2.05) is 0 Å². The molecule has 1 aromatic heterocycles. The van der Waals surface area contributed by atoms with Gasteiger partial charge in [0.25, 0.3) is 0 Å². The summed E-state index contributed by atoms with van der Waals surface area (Å²) in [5, 5.41) is 0. The van der Waals surface area contributed by atoms with E-state index in [0.717, 1.165) is 44.6 Å². The molecule has 3 aliphatic rings. The maximum absolute atomic E-state index is 13.9. The van der Waals surface area contributed by atoms with Crippen molar-refractivity contribution in [2.45, 2.75) is 84.3 Å². The zero-order valence-corrected chi connectivity index (χ0v) is 19.4. The van der Waals surface area contributed by atoms with Crippen LogP contribution in [0.25, 0.3) is 0 Å². The number of alkyl halides is 3. The Balaban J connectivity index is 1.52. The molecule has 1 amide bonds. The van der Waals surface area contributed by atoms with Crippen LogP contribution in [0.3, 0.4) is 0 Å². The third-order valence-electron chi connectivity index (χ3n) is 7.67. The number of fused-ring (bicyclic) bond motifs is 1. The van der Waals surface area contributed by atoms with Crippen molar-refractivity contribution in [3.63, 3.8) is 0 Å². The number of morpholine rings is 1. The summed E-state index contributed by atoms with van der Waals surface area (Å²) in [4.78, 5) is 22.1. The first-order valence-corrected chi connectivity index (χ1v) is 11.7. The van der Waals surface area contributed by atoms with Crippen molar-refractivity contribution < 1.29 is 22.7 Å². The van der Waals surface area contributed by atoms with Gasteiger partial charge in [-0.15, -0.1) is 0 Å². The summed E-state index contributed by atoms with van der Waals surface area (Å²) in [5.41, 5.74) is -0.0345. The smallest absolute Gasteiger partial charge is 0.373 e. The van der Waals surface area contributed by atoms with Crippen molar-refractivity contribution in [3.05, 3.63) is 29.1 Å². The highest BCUT2D eigenvalue weighted by molar-refractivity contribution is 5.83. The second-order valence-corrected chi connectivity index (χ2v) is 10.2. The van der Waals surface area contributed by atoms with Gasteiger partial charge < -0.3 is 9.64 Å². The van der Waals surface area contributed by atoms with Gasteiger partial charge in [0.1, 0.15) is 0 Å². The summed E-state index contributed by atoms with van der Waals surface area (Å²) in [7, 11) is 0. The number of carbonyl (C=O) groups excluding carboxylic acids is 1. The largest absolute Gasteiger partial charge is 0.417 e. The molecule has 8 heteroatoms. The molecule has 1 saturated heterocycles. The lowest BCUT2D eigenvalue weighted by Crippen LogP contribution is -2.51. The Labute approximate surface area is 188 Å². The number of rotatable bonds is 3. The van der Waals surface area contributed by atoms with E-state index in [-0.39, 0.29) is 30.6 Å². The van der Waals surface area contributed by atoms with E-state index >= 15 is 0 Å². The predicted octanol–water partition coefficient (Wildman–Crippen LogP) is 4.29. The van der Waals surface area contributed by atoms with Crippen LogP contribution in [-0.2, 0) is 28.7 Å². The van der Waals surface area contributed by atoms with E-state index in [0.29, 0.717) is 30.3 Å². The molecule has 1 saturated carbocycles. The quantitative estimate of drug-likeness (QED) is 0.685. The molecule has 5 nitrogen and oxygen atoms in total. The van der Waals surface area contributed by atoms with Crippen molar-refractivity contribution >= 4 is 5.91 Å². The molecule has 1 aromatic rings. The van der Waals surface area contributed by atoms with Gasteiger partial charge in [-0.2, -0.15) is 13.2 Å². The Morgan fingerprint density at radius 3 is 2.56 bits per heavy atom. The predicted molar refractivity (Wildman–Crippen MR) is 115 cm³/mol. The van der Waals surface area contributed by atoms with Crippen LogP contribution in [0, 0.1) is 11.3 Å². The lowest BCUT2D eigenvalue weighted by atomic mass is 9.73. The second kappa shape index (κ2) is 8.60. The fraction of sp³-hybridized carbons (Fsp3) is 0.750. The summed E-state index contributed by atoms with van der Waals surface area (Å²) in [5.74, 6) is 0.254. The van der Waals surface area contributed by atoms with E-state index in [4.69, 9.17) is 4.74 Å². The van der Waals surface area contributed by atoms with Gasteiger partial charge in [-0.05, 0) is 50.7 Å². The van der Waals surface area contributed by atoms with E-state index in [1.54, 1.807) is 4.90 Å². The Bertz CT molecular complexity index is 849. The van der Waals surface area contributed by atoms with Crippen LogP contribution in [0.2, 0.25) is 0 Å². The average molecular weight is 454 g/mol. The summed E-state index contributed by atoms with van der Waals surface area (Å²) >= 11 is 0. The summed E-state index contributed by atoms with van der Waals surface area (Å²) in [6, 6.07) is 1.50. The van der Waals surface area contributed by atoms with Gasteiger partial charge >= 0.3 is 6.18 Å². The molecule has 4 rings (SSSR count). The molecular weight excluding hydrogens is 419 g/mol. The van der Waals surface area contributed by atoms with Crippen molar-refractivity contribution in [1.82, 2.24) is 14.8 Å². The average Bonchev–Trinajstić information content (AvgIpc) is 3.18. The molecule has 3 heterocycles. The topological polar surface area (TPSA) is 45.7 Å². The number of amides is 1. The van der Waals surface area contributed by atoms with Gasteiger partial charge in [0.15, 0.2) is 0 Å². The molecule has 0 spiro atoms. The molecule has 2 aliphatic heterocycles. The summed E-state index contributed by atoms with van der Waals surface area (Å²) < 4.78 is 45.4. The minimum absolute atomic E-state index is 0.0902. The maximum Gasteiger partial charge on any atom is 0.417 e. The SMILES string of the molecule is CC(C)[C@]1(C(=O)N2CCc3ncc(C(F)(F)F)cc3C2)CCC(N2C[C@@H](C)O[C@@H](C)C2)C1.